The molecule has 0 aliphatic carbocycles. The summed E-state index contributed by atoms with van der Waals surface area (Å²) in [6.45, 7) is 7.28. The number of hydrogen-bond acceptors (Lipinski definition) is 4. The van der Waals surface area contributed by atoms with Crippen molar-refractivity contribution >= 4 is 5.91 Å². The molecule has 1 amide bonds. The van der Waals surface area contributed by atoms with Crippen molar-refractivity contribution in [3.05, 3.63) is 23.8 Å². The highest BCUT2D eigenvalue weighted by Gasteiger charge is 2.13. The zero-order chi connectivity index (χ0) is 16.7. The number of carbonyl (C=O) groups excluding carboxylic acids is 1. The largest absolute Gasteiger partial charge is 0.454 e. The van der Waals surface area contributed by atoms with Gasteiger partial charge in [0.2, 0.25) is 12.7 Å². The van der Waals surface area contributed by atoms with E-state index >= 15 is 0 Å². The maximum absolute atomic E-state index is 11.7. The molecule has 1 aliphatic rings. The van der Waals surface area contributed by atoms with Crippen molar-refractivity contribution < 1.29 is 14.3 Å². The Morgan fingerprint density at radius 1 is 1.22 bits per heavy atom. The SMILES string of the molecule is CCC(C)NC(=O)CCNC(C)CCc1ccc2c(c1)OCO2. The van der Waals surface area contributed by atoms with Gasteiger partial charge in [0.15, 0.2) is 11.5 Å². The van der Waals surface area contributed by atoms with Crippen LogP contribution in [0.5, 0.6) is 11.5 Å². The maximum Gasteiger partial charge on any atom is 0.231 e. The van der Waals surface area contributed by atoms with Crippen molar-refractivity contribution in [2.24, 2.45) is 0 Å². The zero-order valence-electron chi connectivity index (χ0n) is 14.4. The molecule has 1 aliphatic heterocycles. The van der Waals surface area contributed by atoms with Crippen LogP contribution in [0.3, 0.4) is 0 Å². The lowest BCUT2D eigenvalue weighted by molar-refractivity contribution is -0.121. The first-order valence-electron chi connectivity index (χ1n) is 8.49. The monoisotopic (exact) mass is 320 g/mol. The second-order valence-electron chi connectivity index (χ2n) is 6.21. The number of fused-ring (bicyclic) bond motifs is 1. The molecule has 0 bridgehead atoms. The van der Waals surface area contributed by atoms with Gasteiger partial charge < -0.3 is 20.1 Å². The van der Waals surface area contributed by atoms with Crippen molar-refractivity contribution in [1.29, 1.82) is 0 Å². The van der Waals surface area contributed by atoms with Crippen LogP contribution in [0.4, 0.5) is 0 Å². The summed E-state index contributed by atoms with van der Waals surface area (Å²) in [4.78, 5) is 11.7. The molecule has 0 spiro atoms. The quantitative estimate of drug-likeness (QED) is 0.734. The van der Waals surface area contributed by atoms with E-state index in [-0.39, 0.29) is 11.9 Å². The normalized spacial score (nSPS) is 15.3. The summed E-state index contributed by atoms with van der Waals surface area (Å²) in [6, 6.07) is 6.73. The topological polar surface area (TPSA) is 59.6 Å². The van der Waals surface area contributed by atoms with Crippen LogP contribution in [0.2, 0.25) is 0 Å². The van der Waals surface area contributed by atoms with E-state index in [0.29, 0.717) is 25.8 Å². The molecule has 2 unspecified atom stereocenters. The molecule has 2 atom stereocenters. The van der Waals surface area contributed by atoms with Gasteiger partial charge in [0.1, 0.15) is 0 Å². The van der Waals surface area contributed by atoms with Gasteiger partial charge in [-0.05, 0) is 50.8 Å². The molecular weight excluding hydrogens is 292 g/mol. The smallest absolute Gasteiger partial charge is 0.231 e. The second-order valence-corrected chi connectivity index (χ2v) is 6.21. The van der Waals surface area contributed by atoms with Crippen molar-refractivity contribution in [2.45, 2.75) is 58.5 Å². The molecular formula is C18H28N2O3. The molecule has 5 nitrogen and oxygen atoms in total. The van der Waals surface area contributed by atoms with Crippen LogP contribution in [0.15, 0.2) is 18.2 Å². The lowest BCUT2D eigenvalue weighted by Crippen LogP contribution is -2.35. The van der Waals surface area contributed by atoms with Crippen LogP contribution in [0.25, 0.3) is 0 Å². The molecule has 1 aromatic rings. The summed E-state index contributed by atoms with van der Waals surface area (Å²) < 4.78 is 10.7. The summed E-state index contributed by atoms with van der Waals surface area (Å²) in [5, 5.41) is 6.39. The van der Waals surface area contributed by atoms with Gasteiger partial charge in [0, 0.05) is 25.0 Å². The van der Waals surface area contributed by atoms with Crippen molar-refractivity contribution in [3.8, 4) is 11.5 Å². The van der Waals surface area contributed by atoms with E-state index < -0.39 is 0 Å². The van der Waals surface area contributed by atoms with E-state index in [1.54, 1.807) is 0 Å². The molecule has 128 valence electrons. The first-order chi connectivity index (χ1) is 11.1. The van der Waals surface area contributed by atoms with Gasteiger partial charge in [0.25, 0.3) is 0 Å². The Kier molecular flexibility index (Phi) is 6.71. The van der Waals surface area contributed by atoms with Gasteiger partial charge >= 0.3 is 0 Å². The summed E-state index contributed by atoms with van der Waals surface area (Å²) in [5.41, 5.74) is 1.25. The summed E-state index contributed by atoms with van der Waals surface area (Å²) in [6.07, 6.45) is 3.49. The van der Waals surface area contributed by atoms with Crippen molar-refractivity contribution in [3.63, 3.8) is 0 Å². The first kappa shape index (κ1) is 17.6. The average Bonchev–Trinajstić information content (AvgIpc) is 3.00. The number of benzene rings is 1. The number of ether oxygens (including phenoxy) is 2. The van der Waals surface area contributed by atoms with Gasteiger partial charge in [-0.15, -0.1) is 0 Å². The highest BCUT2D eigenvalue weighted by molar-refractivity contribution is 5.76. The van der Waals surface area contributed by atoms with Crippen molar-refractivity contribution in [2.75, 3.05) is 13.3 Å². The molecule has 2 N–H and O–H groups in total. The minimum absolute atomic E-state index is 0.120. The van der Waals surface area contributed by atoms with E-state index in [2.05, 4.69) is 36.6 Å². The Labute approximate surface area is 138 Å². The van der Waals surface area contributed by atoms with Gasteiger partial charge in [-0.1, -0.05) is 13.0 Å². The minimum atomic E-state index is 0.120. The molecule has 0 radical (unpaired) electrons. The fourth-order valence-electron chi connectivity index (χ4n) is 2.46. The number of carbonyl (C=O) groups is 1. The molecule has 2 rings (SSSR count). The zero-order valence-corrected chi connectivity index (χ0v) is 14.4. The van der Waals surface area contributed by atoms with Gasteiger partial charge in [-0.3, -0.25) is 4.79 Å². The average molecular weight is 320 g/mol. The lowest BCUT2D eigenvalue weighted by Gasteiger charge is -2.15. The van der Waals surface area contributed by atoms with Crippen LogP contribution in [0.1, 0.15) is 45.6 Å². The van der Waals surface area contributed by atoms with E-state index in [9.17, 15) is 4.79 Å². The number of rotatable bonds is 9. The Bertz CT molecular complexity index is 519. The number of aryl methyl sites for hydroxylation is 1. The number of hydrogen-bond donors (Lipinski definition) is 2. The molecule has 5 heteroatoms. The fraction of sp³-hybridized carbons (Fsp3) is 0.611. The van der Waals surface area contributed by atoms with Crippen LogP contribution < -0.4 is 20.1 Å². The van der Waals surface area contributed by atoms with E-state index in [4.69, 9.17) is 9.47 Å². The van der Waals surface area contributed by atoms with Crippen LogP contribution >= 0.6 is 0 Å². The Morgan fingerprint density at radius 3 is 2.78 bits per heavy atom. The van der Waals surface area contributed by atoms with Gasteiger partial charge in [-0.2, -0.15) is 0 Å². The second kappa shape index (κ2) is 8.77. The molecule has 0 aromatic heterocycles. The van der Waals surface area contributed by atoms with Gasteiger partial charge in [-0.25, -0.2) is 0 Å². The Balaban J connectivity index is 1.63. The van der Waals surface area contributed by atoms with E-state index in [1.165, 1.54) is 5.56 Å². The first-order valence-corrected chi connectivity index (χ1v) is 8.49. The predicted octanol–water partition coefficient (Wildman–Crippen LogP) is 2.63. The molecule has 0 saturated carbocycles. The predicted molar refractivity (Wildman–Crippen MR) is 90.9 cm³/mol. The molecule has 1 heterocycles. The van der Waals surface area contributed by atoms with Crippen molar-refractivity contribution in [1.82, 2.24) is 10.6 Å². The summed E-state index contributed by atoms with van der Waals surface area (Å²) >= 11 is 0. The fourth-order valence-corrected chi connectivity index (χ4v) is 2.46. The number of nitrogens with one attached hydrogen (secondary N) is 2. The van der Waals surface area contributed by atoms with E-state index in [1.807, 2.05) is 13.0 Å². The third-order valence-electron chi connectivity index (χ3n) is 4.17. The molecule has 1 aromatic carbocycles. The van der Waals surface area contributed by atoms with E-state index in [0.717, 1.165) is 30.8 Å². The van der Waals surface area contributed by atoms with Crippen LogP contribution in [-0.2, 0) is 11.2 Å². The third-order valence-corrected chi connectivity index (χ3v) is 4.17. The Hall–Kier alpha value is -1.75. The highest BCUT2D eigenvalue weighted by Crippen LogP contribution is 2.32. The number of amides is 1. The molecule has 0 fully saturated rings. The minimum Gasteiger partial charge on any atom is -0.454 e. The molecule has 0 saturated heterocycles. The third kappa shape index (κ3) is 5.75. The lowest BCUT2D eigenvalue weighted by atomic mass is 10.1. The standard InChI is InChI=1S/C18H28N2O3/c1-4-13(2)20-18(21)9-10-19-14(3)5-6-15-7-8-16-17(11-15)23-12-22-16/h7-8,11,13-14,19H,4-6,9-10,12H2,1-3H3,(H,20,21). The molecule has 23 heavy (non-hydrogen) atoms. The Morgan fingerprint density at radius 2 is 2.00 bits per heavy atom. The summed E-state index contributed by atoms with van der Waals surface area (Å²) in [7, 11) is 0. The summed E-state index contributed by atoms with van der Waals surface area (Å²) in [5.74, 6) is 1.78. The highest BCUT2D eigenvalue weighted by atomic mass is 16.7. The van der Waals surface area contributed by atoms with Gasteiger partial charge in [0.05, 0.1) is 0 Å². The van der Waals surface area contributed by atoms with Crippen LogP contribution in [-0.4, -0.2) is 31.3 Å². The maximum atomic E-state index is 11.7. The van der Waals surface area contributed by atoms with Crippen LogP contribution in [0, 0.1) is 0 Å².